The molecule has 0 radical (unpaired) electrons. The molecule has 2 aliphatic heterocycles. The van der Waals surface area contributed by atoms with Crippen molar-refractivity contribution in [2.75, 3.05) is 26.2 Å². The summed E-state index contributed by atoms with van der Waals surface area (Å²) < 4.78 is 33.0. The fraction of sp³-hybridized carbons (Fsp3) is 0.476. The molecule has 1 atom stereocenters. The minimum Gasteiger partial charge on any atom is -0.464 e. The molecule has 0 saturated carbocycles. The Bertz CT molecular complexity index is 834. The lowest BCUT2D eigenvalue weighted by Gasteiger charge is -2.39. The summed E-state index contributed by atoms with van der Waals surface area (Å²) in [6.07, 6.45) is 2.30. The molecular weight excluding hydrogens is 382 g/mol. The molecule has 29 heavy (non-hydrogen) atoms. The van der Waals surface area contributed by atoms with Crippen molar-refractivity contribution in [3.05, 3.63) is 47.5 Å². The number of fused-ring (bicyclic) bond motifs is 1. The van der Waals surface area contributed by atoms with Crippen LogP contribution in [0.5, 0.6) is 0 Å². The summed E-state index contributed by atoms with van der Waals surface area (Å²) in [5.41, 5.74) is 0.375. The molecule has 3 rings (SSSR count). The highest BCUT2D eigenvalue weighted by Gasteiger charge is 2.41. The molecule has 0 spiro atoms. The van der Waals surface area contributed by atoms with Crippen LogP contribution >= 0.6 is 0 Å². The van der Waals surface area contributed by atoms with E-state index in [1.807, 2.05) is 0 Å². The number of ether oxygens (including phenoxy) is 1. The molecule has 0 aromatic heterocycles. The Kier molecular flexibility index (Phi) is 6.30. The third-order valence-electron chi connectivity index (χ3n) is 5.56. The van der Waals surface area contributed by atoms with Crippen molar-refractivity contribution in [3.8, 4) is 0 Å². The van der Waals surface area contributed by atoms with E-state index in [1.165, 1.54) is 17.0 Å². The van der Waals surface area contributed by atoms with Gasteiger partial charge in [-0.3, -0.25) is 9.59 Å². The molecule has 1 saturated heterocycles. The molecule has 156 valence electrons. The Morgan fingerprint density at radius 1 is 1.21 bits per heavy atom. The first-order valence-electron chi connectivity index (χ1n) is 9.74. The van der Waals surface area contributed by atoms with Gasteiger partial charge >= 0.3 is 5.97 Å². The Morgan fingerprint density at radius 3 is 2.52 bits per heavy atom. The lowest BCUT2D eigenvalue weighted by Crippen LogP contribution is -2.49. The molecule has 1 fully saturated rings. The van der Waals surface area contributed by atoms with Gasteiger partial charge in [-0.2, -0.15) is 0 Å². The van der Waals surface area contributed by atoms with Crippen molar-refractivity contribution in [1.29, 1.82) is 0 Å². The summed E-state index contributed by atoms with van der Waals surface area (Å²) in [6, 6.07) is 1.21. The van der Waals surface area contributed by atoms with Crippen LogP contribution in [-0.4, -0.2) is 53.8 Å². The maximum atomic E-state index is 14.3. The number of rotatable bonds is 4. The monoisotopic (exact) mass is 406 g/mol. The van der Waals surface area contributed by atoms with Gasteiger partial charge in [0.25, 0.3) is 0 Å². The number of piperidine rings is 1. The molecular formula is C21H24F2N2O4. The maximum Gasteiger partial charge on any atom is 0.333 e. The van der Waals surface area contributed by atoms with Crippen LogP contribution in [0, 0.1) is 17.6 Å². The second kappa shape index (κ2) is 8.71. The van der Waals surface area contributed by atoms with Gasteiger partial charge in [-0.15, -0.1) is 0 Å². The van der Waals surface area contributed by atoms with Gasteiger partial charge in [-0.1, -0.05) is 12.6 Å². The van der Waals surface area contributed by atoms with Crippen LogP contribution in [0.15, 0.2) is 24.8 Å². The average Bonchev–Trinajstić information content (AvgIpc) is 2.74. The minimum absolute atomic E-state index is 0.0987. The predicted octanol–water partition coefficient (Wildman–Crippen LogP) is 2.38. The second-order valence-electron chi connectivity index (χ2n) is 7.17. The highest BCUT2D eigenvalue weighted by molar-refractivity contribution is 5.89. The average molecular weight is 406 g/mol. The van der Waals surface area contributed by atoms with Crippen molar-refractivity contribution in [3.63, 3.8) is 0 Å². The molecule has 1 aromatic carbocycles. The van der Waals surface area contributed by atoms with Gasteiger partial charge < -0.3 is 14.5 Å². The summed E-state index contributed by atoms with van der Waals surface area (Å²) >= 11 is 0. The van der Waals surface area contributed by atoms with Gasteiger partial charge in [0.05, 0.1) is 6.61 Å². The van der Waals surface area contributed by atoms with E-state index in [1.54, 1.807) is 11.8 Å². The van der Waals surface area contributed by atoms with Crippen LogP contribution in [0.25, 0.3) is 0 Å². The maximum absolute atomic E-state index is 14.3. The largest absolute Gasteiger partial charge is 0.464 e. The third kappa shape index (κ3) is 4.02. The Labute approximate surface area is 168 Å². The van der Waals surface area contributed by atoms with E-state index in [9.17, 15) is 23.2 Å². The first-order chi connectivity index (χ1) is 13.9. The number of esters is 1. The molecule has 0 N–H and O–H groups in total. The summed E-state index contributed by atoms with van der Waals surface area (Å²) in [6.45, 7) is 6.17. The van der Waals surface area contributed by atoms with Crippen LogP contribution in [0.3, 0.4) is 0 Å². The summed E-state index contributed by atoms with van der Waals surface area (Å²) in [4.78, 5) is 40.6. The summed E-state index contributed by atoms with van der Waals surface area (Å²) in [7, 11) is 0. The quantitative estimate of drug-likeness (QED) is 0.569. The fourth-order valence-electron chi connectivity index (χ4n) is 4.07. The van der Waals surface area contributed by atoms with Crippen LogP contribution in [0.2, 0.25) is 0 Å². The topological polar surface area (TPSA) is 66.9 Å². The van der Waals surface area contributed by atoms with E-state index in [0.717, 1.165) is 6.07 Å². The molecule has 2 aliphatic rings. The van der Waals surface area contributed by atoms with E-state index in [4.69, 9.17) is 4.74 Å². The molecule has 8 heteroatoms. The van der Waals surface area contributed by atoms with E-state index in [2.05, 4.69) is 6.58 Å². The molecule has 0 aliphatic carbocycles. The molecule has 0 bridgehead atoms. The number of amides is 2. The van der Waals surface area contributed by atoms with Crippen molar-refractivity contribution in [2.45, 2.75) is 32.2 Å². The second-order valence-corrected chi connectivity index (χ2v) is 7.17. The van der Waals surface area contributed by atoms with Crippen molar-refractivity contribution >= 4 is 17.8 Å². The molecule has 6 nitrogen and oxygen atoms in total. The molecule has 1 unspecified atom stereocenters. The molecule has 1 aromatic rings. The van der Waals surface area contributed by atoms with Gasteiger partial charge in [0.1, 0.15) is 0 Å². The highest BCUT2D eigenvalue weighted by atomic mass is 19.2. The van der Waals surface area contributed by atoms with Gasteiger partial charge in [-0.25, -0.2) is 13.6 Å². The fourth-order valence-corrected chi connectivity index (χ4v) is 4.07. The third-order valence-corrected chi connectivity index (χ3v) is 5.56. The number of carbonyl (C=O) groups excluding carboxylic acids is 3. The number of nitrogens with zero attached hydrogens (tertiary/aromatic N) is 2. The van der Waals surface area contributed by atoms with Crippen LogP contribution in [0.4, 0.5) is 8.78 Å². The van der Waals surface area contributed by atoms with Crippen LogP contribution in [0.1, 0.15) is 36.9 Å². The standard InChI is InChI=1S/C21H24F2N2O4/c1-3-17(26)24-10-7-13(8-11-24)20(27)25-12-9-14-15(5-6-16(22)18(14)23)19(25)21(28)29-4-2/h3,5-6,13,19H,1,4,7-12H2,2H3. The highest BCUT2D eigenvalue weighted by Crippen LogP contribution is 2.35. The number of likely N-dealkylation sites (tertiary alicyclic amines) is 1. The smallest absolute Gasteiger partial charge is 0.333 e. The predicted molar refractivity (Wildman–Crippen MR) is 101 cm³/mol. The van der Waals surface area contributed by atoms with Crippen molar-refractivity contribution in [2.24, 2.45) is 5.92 Å². The van der Waals surface area contributed by atoms with Crippen molar-refractivity contribution < 1.29 is 27.9 Å². The SMILES string of the molecule is C=CC(=O)N1CCC(C(=O)N2CCc3c(ccc(F)c3F)C2C(=O)OCC)CC1. The lowest BCUT2D eigenvalue weighted by atomic mass is 9.88. The zero-order valence-corrected chi connectivity index (χ0v) is 16.3. The molecule has 2 heterocycles. The van der Waals surface area contributed by atoms with E-state index in [0.29, 0.717) is 25.9 Å². The zero-order chi connectivity index (χ0) is 21.1. The van der Waals surface area contributed by atoms with E-state index >= 15 is 0 Å². The zero-order valence-electron chi connectivity index (χ0n) is 16.3. The number of halogens is 2. The van der Waals surface area contributed by atoms with Crippen LogP contribution in [-0.2, 0) is 25.5 Å². The van der Waals surface area contributed by atoms with E-state index in [-0.39, 0.29) is 48.4 Å². The number of hydrogen-bond donors (Lipinski definition) is 0. The van der Waals surface area contributed by atoms with Gasteiger partial charge in [-0.05, 0) is 49.5 Å². The molecule has 2 amide bonds. The van der Waals surface area contributed by atoms with Gasteiger partial charge in [0.15, 0.2) is 17.7 Å². The Morgan fingerprint density at radius 2 is 1.90 bits per heavy atom. The Balaban J connectivity index is 1.84. The number of carbonyl (C=O) groups is 3. The summed E-state index contributed by atoms with van der Waals surface area (Å²) in [5.74, 6) is -3.39. The van der Waals surface area contributed by atoms with E-state index < -0.39 is 23.6 Å². The first-order valence-corrected chi connectivity index (χ1v) is 9.74. The number of benzene rings is 1. The minimum atomic E-state index is -1.10. The lowest BCUT2D eigenvalue weighted by molar-refractivity contribution is -0.158. The normalized spacial score (nSPS) is 19.5. The van der Waals surface area contributed by atoms with Gasteiger partial charge in [0, 0.05) is 25.6 Å². The number of hydrogen-bond acceptors (Lipinski definition) is 4. The van der Waals surface area contributed by atoms with Crippen molar-refractivity contribution in [1.82, 2.24) is 9.80 Å². The first kappa shape index (κ1) is 21.0. The van der Waals surface area contributed by atoms with Crippen LogP contribution < -0.4 is 0 Å². The Hall–Kier alpha value is -2.77. The summed E-state index contributed by atoms with van der Waals surface area (Å²) in [5, 5.41) is 0. The van der Waals surface area contributed by atoms with Gasteiger partial charge in [0.2, 0.25) is 11.8 Å².